The summed E-state index contributed by atoms with van der Waals surface area (Å²) in [6.07, 6.45) is 1.53. The SMILES string of the molecule is CC(C)C(NCc1ccno1)C(=O)O. The van der Waals surface area contributed by atoms with Gasteiger partial charge in [-0.15, -0.1) is 0 Å². The Hall–Kier alpha value is -1.36. The lowest BCUT2D eigenvalue weighted by molar-refractivity contribution is -0.140. The summed E-state index contributed by atoms with van der Waals surface area (Å²) in [4.78, 5) is 10.8. The summed E-state index contributed by atoms with van der Waals surface area (Å²) >= 11 is 0. The lowest BCUT2D eigenvalue weighted by atomic mass is 10.1. The summed E-state index contributed by atoms with van der Waals surface area (Å²) in [5.74, 6) is -0.174. The molecule has 0 saturated heterocycles. The molecule has 0 aliphatic heterocycles. The van der Waals surface area contributed by atoms with Crippen LogP contribution in [0.1, 0.15) is 19.6 Å². The summed E-state index contributed by atoms with van der Waals surface area (Å²) < 4.78 is 4.84. The molecule has 78 valence electrons. The Bertz CT molecular complexity index is 282. The van der Waals surface area contributed by atoms with E-state index < -0.39 is 12.0 Å². The van der Waals surface area contributed by atoms with Crippen LogP contribution >= 0.6 is 0 Å². The van der Waals surface area contributed by atoms with Crippen LogP contribution in [-0.4, -0.2) is 22.3 Å². The predicted molar refractivity (Wildman–Crippen MR) is 49.6 cm³/mol. The van der Waals surface area contributed by atoms with Crippen LogP contribution in [-0.2, 0) is 11.3 Å². The zero-order valence-electron chi connectivity index (χ0n) is 8.23. The molecule has 5 nitrogen and oxygen atoms in total. The third-order valence-corrected chi connectivity index (χ3v) is 1.92. The second-order valence-electron chi connectivity index (χ2n) is 3.42. The highest BCUT2D eigenvalue weighted by Crippen LogP contribution is 2.04. The van der Waals surface area contributed by atoms with Crippen LogP contribution in [0.2, 0.25) is 0 Å². The van der Waals surface area contributed by atoms with Gasteiger partial charge in [-0.2, -0.15) is 0 Å². The Balaban J connectivity index is 2.45. The fourth-order valence-electron chi connectivity index (χ4n) is 1.15. The van der Waals surface area contributed by atoms with Crippen LogP contribution in [0.25, 0.3) is 0 Å². The molecule has 1 rings (SSSR count). The van der Waals surface area contributed by atoms with Crippen LogP contribution in [0.4, 0.5) is 0 Å². The van der Waals surface area contributed by atoms with E-state index in [1.807, 2.05) is 13.8 Å². The molecule has 0 aromatic carbocycles. The minimum absolute atomic E-state index is 0.0374. The van der Waals surface area contributed by atoms with Gasteiger partial charge >= 0.3 is 5.97 Å². The number of carbonyl (C=O) groups is 1. The second-order valence-corrected chi connectivity index (χ2v) is 3.42. The Labute approximate surface area is 82.1 Å². The van der Waals surface area contributed by atoms with E-state index in [0.717, 1.165) is 0 Å². The second kappa shape index (κ2) is 4.76. The molecule has 0 aliphatic carbocycles. The van der Waals surface area contributed by atoms with Crippen molar-refractivity contribution in [2.24, 2.45) is 5.92 Å². The highest BCUT2D eigenvalue weighted by molar-refractivity contribution is 5.73. The molecule has 1 unspecified atom stereocenters. The molecule has 1 aromatic rings. The van der Waals surface area contributed by atoms with Crippen LogP contribution in [0, 0.1) is 5.92 Å². The molecule has 0 amide bonds. The molecule has 1 heterocycles. The number of hydrogen-bond acceptors (Lipinski definition) is 4. The molecular weight excluding hydrogens is 184 g/mol. The maximum absolute atomic E-state index is 10.8. The molecule has 0 spiro atoms. The first kappa shape index (κ1) is 10.7. The highest BCUT2D eigenvalue weighted by Gasteiger charge is 2.20. The third kappa shape index (κ3) is 2.85. The van der Waals surface area contributed by atoms with E-state index in [9.17, 15) is 4.79 Å². The quantitative estimate of drug-likeness (QED) is 0.734. The van der Waals surface area contributed by atoms with Crippen molar-refractivity contribution in [2.75, 3.05) is 0 Å². The standard InChI is InChI=1S/C9H14N2O3/c1-6(2)8(9(12)13)10-5-7-3-4-11-14-7/h3-4,6,8,10H,5H2,1-2H3,(H,12,13). The van der Waals surface area contributed by atoms with Crippen LogP contribution in [0.5, 0.6) is 0 Å². The van der Waals surface area contributed by atoms with E-state index >= 15 is 0 Å². The van der Waals surface area contributed by atoms with Gasteiger partial charge in [0.05, 0.1) is 12.7 Å². The average Bonchev–Trinajstić information content (AvgIpc) is 2.55. The van der Waals surface area contributed by atoms with Crippen molar-refractivity contribution < 1.29 is 14.4 Å². The molecule has 0 fully saturated rings. The van der Waals surface area contributed by atoms with Crippen LogP contribution < -0.4 is 5.32 Å². The molecule has 2 N–H and O–H groups in total. The van der Waals surface area contributed by atoms with Crippen molar-refractivity contribution in [3.63, 3.8) is 0 Å². The number of hydrogen-bond donors (Lipinski definition) is 2. The average molecular weight is 198 g/mol. The number of nitrogens with zero attached hydrogens (tertiary/aromatic N) is 1. The summed E-state index contributed by atoms with van der Waals surface area (Å²) in [6.45, 7) is 4.09. The monoisotopic (exact) mass is 198 g/mol. The maximum atomic E-state index is 10.8. The minimum atomic E-state index is -0.848. The summed E-state index contributed by atoms with van der Waals surface area (Å²) in [5.41, 5.74) is 0. The number of rotatable bonds is 5. The zero-order chi connectivity index (χ0) is 10.6. The Morgan fingerprint density at radius 3 is 2.86 bits per heavy atom. The normalized spacial score (nSPS) is 13.1. The van der Waals surface area contributed by atoms with Gasteiger partial charge in [0.15, 0.2) is 0 Å². The fraction of sp³-hybridized carbons (Fsp3) is 0.556. The topological polar surface area (TPSA) is 75.4 Å². The maximum Gasteiger partial charge on any atom is 0.320 e. The van der Waals surface area contributed by atoms with Gasteiger partial charge in [0.2, 0.25) is 0 Å². The Morgan fingerprint density at radius 2 is 2.43 bits per heavy atom. The summed E-state index contributed by atoms with van der Waals surface area (Å²) in [6, 6.07) is 1.15. The van der Waals surface area contributed by atoms with Crippen LogP contribution in [0.15, 0.2) is 16.8 Å². The van der Waals surface area contributed by atoms with Gasteiger partial charge in [0.25, 0.3) is 0 Å². The molecule has 0 aliphatic rings. The minimum Gasteiger partial charge on any atom is -0.480 e. The predicted octanol–water partition coefficient (Wildman–Crippen LogP) is 0.873. The van der Waals surface area contributed by atoms with Crippen LogP contribution in [0.3, 0.4) is 0 Å². The molecule has 14 heavy (non-hydrogen) atoms. The van der Waals surface area contributed by atoms with E-state index in [2.05, 4.69) is 10.5 Å². The number of aromatic nitrogens is 1. The van der Waals surface area contributed by atoms with Crippen molar-refractivity contribution in [3.05, 3.63) is 18.0 Å². The molecule has 1 atom stereocenters. The molecule has 0 radical (unpaired) electrons. The van der Waals surface area contributed by atoms with Gasteiger partial charge in [-0.25, -0.2) is 0 Å². The number of carboxylic acids is 1. The number of carboxylic acid groups (broad SMARTS) is 1. The number of nitrogens with one attached hydrogen (secondary N) is 1. The largest absolute Gasteiger partial charge is 0.480 e. The lowest BCUT2D eigenvalue weighted by Gasteiger charge is -2.16. The lowest BCUT2D eigenvalue weighted by Crippen LogP contribution is -2.40. The van der Waals surface area contributed by atoms with Gasteiger partial charge in [-0.3, -0.25) is 10.1 Å². The van der Waals surface area contributed by atoms with E-state index in [-0.39, 0.29) is 5.92 Å². The molecular formula is C9H14N2O3. The summed E-state index contributed by atoms with van der Waals surface area (Å²) in [7, 11) is 0. The third-order valence-electron chi connectivity index (χ3n) is 1.92. The van der Waals surface area contributed by atoms with E-state index in [1.54, 1.807) is 6.07 Å². The Morgan fingerprint density at radius 1 is 1.71 bits per heavy atom. The molecule has 0 saturated carbocycles. The molecule has 5 heteroatoms. The van der Waals surface area contributed by atoms with Crippen molar-refractivity contribution in [1.29, 1.82) is 0 Å². The van der Waals surface area contributed by atoms with Crippen molar-refractivity contribution in [3.8, 4) is 0 Å². The van der Waals surface area contributed by atoms with Gasteiger partial charge in [-0.05, 0) is 5.92 Å². The van der Waals surface area contributed by atoms with Crippen molar-refractivity contribution >= 4 is 5.97 Å². The smallest absolute Gasteiger partial charge is 0.320 e. The van der Waals surface area contributed by atoms with Crippen molar-refractivity contribution in [1.82, 2.24) is 10.5 Å². The van der Waals surface area contributed by atoms with E-state index in [1.165, 1.54) is 6.20 Å². The Kier molecular flexibility index (Phi) is 3.64. The van der Waals surface area contributed by atoms with E-state index in [0.29, 0.717) is 12.3 Å². The van der Waals surface area contributed by atoms with E-state index in [4.69, 9.17) is 9.63 Å². The first-order valence-electron chi connectivity index (χ1n) is 4.47. The fourth-order valence-corrected chi connectivity index (χ4v) is 1.15. The van der Waals surface area contributed by atoms with Gasteiger partial charge in [0.1, 0.15) is 11.8 Å². The zero-order valence-corrected chi connectivity index (χ0v) is 8.23. The van der Waals surface area contributed by atoms with Crippen molar-refractivity contribution in [2.45, 2.75) is 26.4 Å². The molecule has 0 bridgehead atoms. The van der Waals surface area contributed by atoms with Gasteiger partial charge in [0, 0.05) is 6.07 Å². The van der Waals surface area contributed by atoms with Gasteiger partial charge < -0.3 is 9.63 Å². The number of aliphatic carboxylic acids is 1. The highest BCUT2D eigenvalue weighted by atomic mass is 16.5. The molecule has 1 aromatic heterocycles. The van der Waals surface area contributed by atoms with Gasteiger partial charge in [-0.1, -0.05) is 19.0 Å². The summed E-state index contributed by atoms with van der Waals surface area (Å²) in [5, 5.41) is 15.3. The first-order valence-corrected chi connectivity index (χ1v) is 4.47. The first-order chi connectivity index (χ1) is 6.61.